The summed E-state index contributed by atoms with van der Waals surface area (Å²) in [5, 5.41) is 1.95. The summed E-state index contributed by atoms with van der Waals surface area (Å²) in [6, 6.07) is 15.2. The van der Waals surface area contributed by atoms with Gasteiger partial charge in [-0.2, -0.15) is 0 Å². The smallest absolute Gasteiger partial charge is 0.249 e. The zero-order valence-corrected chi connectivity index (χ0v) is 13.2. The van der Waals surface area contributed by atoms with Crippen LogP contribution >= 0.6 is 0 Å². The summed E-state index contributed by atoms with van der Waals surface area (Å²) < 4.78 is 0. The van der Waals surface area contributed by atoms with Crippen LogP contribution in [0.1, 0.15) is 42.5 Å². The lowest BCUT2D eigenvalue weighted by Gasteiger charge is -2.30. The molecule has 0 aromatic heterocycles. The van der Waals surface area contributed by atoms with Crippen LogP contribution in [0.4, 0.5) is 0 Å². The maximum absolute atomic E-state index is 11.0. The van der Waals surface area contributed by atoms with Crippen molar-refractivity contribution in [2.75, 3.05) is 7.05 Å². The van der Waals surface area contributed by atoms with Gasteiger partial charge in [0.15, 0.2) is 0 Å². The molecule has 0 spiro atoms. The first-order chi connectivity index (χ1) is 10.7. The van der Waals surface area contributed by atoms with E-state index in [1.165, 1.54) is 32.1 Å². The van der Waals surface area contributed by atoms with Crippen molar-refractivity contribution >= 4 is 16.7 Å². The molecule has 0 unspecified atom stereocenters. The SMILES string of the molecule is CN1[C@@H]2CCC[C@H]1CC2.NC(=O)c1cccc2ccccc12. The number of piperidine rings is 1. The number of hydrogen-bond acceptors (Lipinski definition) is 2. The fourth-order valence-corrected chi connectivity index (χ4v) is 3.82. The first-order valence-electron chi connectivity index (χ1n) is 8.16. The summed E-state index contributed by atoms with van der Waals surface area (Å²) in [6.07, 6.45) is 7.36. The molecule has 22 heavy (non-hydrogen) atoms. The summed E-state index contributed by atoms with van der Waals surface area (Å²) in [5.41, 5.74) is 5.82. The Hall–Kier alpha value is -1.87. The summed E-state index contributed by atoms with van der Waals surface area (Å²) in [7, 11) is 2.29. The number of fused-ring (bicyclic) bond motifs is 3. The number of hydrogen-bond donors (Lipinski definition) is 1. The number of rotatable bonds is 1. The molecule has 4 rings (SSSR count). The number of nitrogens with two attached hydrogens (primary N) is 1. The number of benzene rings is 2. The number of carbonyl (C=O) groups excluding carboxylic acids is 1. The molecule has 3 nitrogen and oxygen atoms in total. The normalized spacial score (nSPS) is 23.9. The second-order valence-electron chi connectivity index (χ2n) is 6.37. The Bertz CT molecular complexity index is 646. The number of carbonyl (C=O) groups is 1. The van der Waals surface area contributed by atoms with Crippen molar-refractivity contribution in [2.45, 2.75) is 44.2 Å². The van der Waals surface area contributed by atoms with Gasteiger partial charge in [-0.15, -0.1) is 0 Å². The van der Waals surface area contributed by atoms with E-state index < -0.39 is 0 Å². The third-order valence-corrected chi connectivity index (χ3v) is 5.11. The molecule has 3 heteroatoms. The van der Waals surface area contributed by atoms with Crippen molar-refractivity contribution in [3.05, 3.63) is 48.0 Å². The first-order valence-corrected chi connectivity index (χ1v) is 8.16. The molecule has 2 N–H and O–H groups in total. The van der Waals surface area contributed by atoms with Gasteiger partial charge in [-0.1, -0.05) is 42.8 Å². The van der Waals surface area contributed by atoms with Crippen molar-refractivity contribution in [1.82, 2.24) is 4.90 Å². The second kappa shape index (κ2) is 6.49. The van der Waals surface area contributed by atoms with Gasteiger partial charge in [0, 0.05) is 17.6 Å². The molecule has 2 bridgehead atoms. The van der Waals surface area contributed by atoms with Crippen LogP contribution in [-0.2, 0) is 0 Å². The van der Waals surface area contributed by atoms with Crippen LogP contribution in [0.3, 0.4) is 0 Å². The molecule has 0 aliphatic carbocycles. The summed E-state index contributed by atoms with van der Waals surface area (Å²) in [6.45, 7) is 0. The molecule has 2 aromatic rings. The lowest BCUT2D eigenvalue weighted by Crippen LogP contribution is -2.35. The highest BCUT2D eigenvalue weighted by molar-refractivity contribution is 6.06. The Morgan fingerprint density at radius 1 is 1.00 bits per heavy atom. The van der Waals surface area contributed by atoms with Crippen LogP contribution in [-0.4, -0.2) is 29.9 Å². The van der Waals surface area contributed by atoms with Gasteiger partial charge in [0.25, 0.3) is 0 Å². The van der Waals surface area contributed by atoms with Gasteiger partial charge in [0.1, 0.15) is 0 Å². The molecule has 2 heterocycles. The molecule has 2 atom stereocenters. The van der Waals surface area contributed by atoms with E-state index in [1.807, 2.05) is 36.4 Å². The van der Waals surface area contributed by atoms with Crippen LogP contribution in [0, 0.1) is 0 Å². The van der Waals surface area contributed by atoms with E-state index in [-0.39, 0.29) is 5.91 Å². The van der Waals surface area contributed by atoms with Gasteiger partial charge in [-0.25, -0.2) is 0 Å². The van der Waals surface area contributed by atoms with Gasteiger partial charge >= 0.3 is 0 Å². The van der Waals surface area contributed by atoms with Crippen molar-refractivity contribution in [3.8, 4) is 0 Å². The Kier molecular flexibility index (Phi) is 4.44. The third-order valence-electron chi connectivity index (χ3n) is 5.11. The first kappa shape index (κ1) is 15.0. The summed E-state index contributed by atoms with van der Waals surface area (Å²) in [4.78, 5) is 13.6. The van der Waals surface area contributed by atoms with Crippen molar-refractivity contribution < 1.29 is 4.79 Å². The molecule has 2 aliphatic rings. The topological polar surface area (TPSA) is 46.3 Å². The molecule has 2 aliphatic heterocycles. The Balaban J connectivity index is 0.000000139. The Morgan fingerprint density at radius 2 is 1.64 bits per heavy atom. The van der Waals surface area contributed by atoms with E-state index in [2.05, 4.69) is 11.9 Å². The quantitative estimate of drug-likeness (QED) is 0.874. The summed E-state index contributed by atoms with van der Waals surface area (Å²) in [5.74, 6) is -0.378. The molecule has 2 aromatic carbocycles. The Labute approximate surface area is 132 Å². The lowest BCUT2D eigenvalue weighted by molar-refractivity contribution is 0.100. The summed E-state index contributed by atoms with van der Waals surface area (Å²) >= 11 is 0. The molecule has 1 amide bonds. The highest BCUT2D eigenvalue weighted by Crippen LogP contribution is 2.33. The maximum Gasteiger partial charge on any atom is 0.249 e. The molecule has 116 valence electrons. The van der Waals surface area contributed by atoms with E-state index in [9.17, 15) is 4.79 Å². The number of primary amides is 1. The van der Waals surface area contributed by atoms with Gasteiger partial charge in [0.2, 0.25) is 5.91 Å². The highest BCUT2D eigenvalue weighted by Gasteiger charge is 2.33. The molecule has 2 fully saturated rings. The number of nitrogens with zero attached hydrogens (tertiary/aromatic N) is 1. The van der Waals surface area contributed by atoms with Gasteiger partial charge < -0.3 is 10.6 Å². The van der Waals surface area contributed by atoms with Crippen molar-refractivity contribution in [1.29, 1.82) is 0 Å². The zero-order chi connectivity index (χ0) is 15.5. The zero-order valence-electron chi connectivity index (χ0n) is 13.2. The minimum atomic E-state index is -0.378. The largest absolute Gasteiger partial charge is 0.366 e. The minimum Gasteiger partial charge on any atom is -0.366 e. The van der Waals surface area contributed by atoms with Crippen molar-refractivity contribution in [2.24, 2.45) is 5.73 Å². The van der Waals surface area contributed by atoms with E-state index in [4.69, 9.17) is 5.73 Å². The van der Waals surface area contributed by atoms with E-state index >= 15 is 0 Å². The fraction of sp³-hybridized carbons (Fsp3) is 0.421. The highest BCUT2D eigenvalue weighted by atomic mass is 16.1. The van der Waals surface area contributed by atoms with Crippen LogP contribution < -0.4 is 5.73 Å². The third kappa shape index (κ3) is 3.00. The average molecular weight is 296 g/mol. The minimum absolute atomic E-state index is 0.378. The van der Waals surface area contributed by atoms with Crippen molar-refractivity contribution in [3.63, 3.8) is 0 Å². The van der Waals surface area contributed by atoms with Crippen LogP contribution in [0.5, 0.6) is 0 Å². The molecule has 0 saturated carbocycles. The molecule has 2 saturated heterocycles. The monoisotopic (exact) mass is 296 g/mol. The predicted molar refractivity (Wildman–Crippen MR) is 90.9 cm³/mol. The molecular formula is C19H24N2O. The van der Waals surface area contributed by atoms with Gasteiger partial charge in [-0.3, -0.25) is 4.79 Å². The van der Waals surface area contributed by atoms with E-state index in [1.54, 1.807) is 6.07 Å². The predicted octanol–water partition coefficient (Wildman–Crippen LogP) is 3.57. The fourth-order valence-electron chi connectivity index (χ4n) is 3.82. The van der Waals surface area contributed by atoms with Gasteiger partial charge in [-0.05, 0) is 49.6 Å². The standard InChI is InChI=1S/C11H9NO.C8H15N/c12-11(13)10-7-3-5-8-4-1-2-6-9(8)10;1-9-7-3-2-4-8(9)6-5-7/h1-7H,(H2,12,13);7-8H,2-6H2,1H3/t;7-,8+. The Morgan fingerprint density at radius 3 is 2.27 bits per heavy atom. The van der Waals surface area contributed by atoms with Crippen LogP contribution in [0.15, 0.2) is 42.5 Å². The number of amides is 1. The lowest BCUT2D eigenvalue weighted by atomic mass is 10.0. The van der Waals surface area contributed by atoms with Crippen LogP contribution in [0.2, 0.25) is 0 Å². The van der Waals surface area contributed by atoms with E-state index in [0.29, 0.717) is 5.56 Å². The molecular weight excluding hydrogens is 272 g/mol. The average Bonchev–Trinajstić information content (AvgIpc) is 2.76. The van der Waals surface area contributed by atoms with Gasteiger partial charge in [0.05, 0.1) is 0 Å². The second-order valence-corrected chi connectivity index (χ2v) is 6.37. The molecule has 0 radical (unpaired) electrons. The van der Waals surface area contributed by atoms with Crippen LogP contribution in [0.25, 0.3) is 10.8 Å². The maximum atomic E-state index is 11.0. The van der Waals surface area contributed by atoms with E-state index in [0.717, 1.165) is 22.9 Å².